The van der Waals surface area contributed by atoms with E-state index in [1.807, 2.05) is 38.1 Å². The number of aromatic nitrogens is 1. The molecule has 0 bridgehead atoms. The summed E-state index contributed by atoms with van der Waals surface area (Å²) >= 11 is 0. The number of aliphatic hydroxyl groups excluding tert-OH is 1. The van der Waals surface area contributed by atoms with Gasteiger partial charge in [-0.2, -0.15) is 5.26 Å². The maximum atomic E-state index is 9.29. The van der Waals surface area contributed by atoms with Crippen LogP contribution in [0.2, 0.25) is 0 Å². The van der Waals surface area contributed by atoms with Gasteiger partial charge in [-0.1, -0.05) is 32.0 Å². The molecule has 1 aromatic heterocycles. The zero-order valence-corrected chi connectivity index (χ0v) is 11.1. The highest BCUT2D eigenvalue weighted by Gasteiger charge is 2.17. The van der Waals surface area contributed by atoms with Gasteiger partial charge in [0.15, 0.2) is 0 Å². The number of pyridine rings is 1. The third-order valence-corrected chi connectivity index (χ3v) is 3.07. The molecule has 0 aliphatic heterocycles. The Kier molecular flexibility index (Phi) is 3.68. The van der Waals surface area contributed by atoms with E-state index < -0.39 is 0 Å². The van der Waals surface area contributed by atoms with Crippen molar-refractivity contribution in [3.8, 4) is 6.07 Å². The number of fused-ring (bicyclic) bond motifs is 1. The highest BCUT2D eigenvalue weighted by molar-refractivity contribution is 5.93. The smallest absolute Gasteiger partial charge is 0.103 e. The third-order valence-electron chi connectivity index (χ3n) is 3.07. The first-order chi connectivity index (χ1) is 9.07. The third kappa shape index (κ3) is 2.83. The number of nitrogens with zero attached hydrogens (tertiary/aromatic N) is 2. The Morgan fingerprint density at radius 1 is 1.37 bits per heavy atom. The zero-order valence-electron chi connectivity index (χ0n) is 11.1. The number of nitrogens with one attached hydrogen (secondary N) is 1. The fourth-order valence-electron chi connectivity index (χ4n) is 1.80. The number of aliphatic hydroxyl groups is 1. The molecule has 0 atom stereocenters. The Balaban J connectivity index is 2.43. The standard InChI is InChI=1S/C15H17N3O/c1-15(2,10-19)9-18-14-11(7-16)8-17-13-6-4-3-5-12(13)14/h3-6,8,19H,9-10H2,1-2H3,(H,17,18). The van der Waals surface area contributed by atoms with Crippen molar-refractivity contribution >= 4 is 16.6 Å². The van der Waals surface area contributed by atoms with Gasteiger partial charge in [0, 0.05) is 30.1 Å². The molecular formula is C15H17N3O. The van der Waals surface area contributed by atoms with Crippen molar-refractivity contribution < 1.29 is 5.11 Å². The van der Waals surface area contributed by atoms with Gasteiger partial charge in [0.2, 0.25) is 0 Å². The highest BCUT2D eigenvalue weighted by atomic mass is 16.3. The molecule has 4 nitrogen and oxygen atoms in total. The molecule has 0 radical (unpaired) electrons. The van der Waals surface area contributed by atoms with Crippen LogP contribution in [0, 0.1) is 16.7 Å². The van der Waals surface area contributed by atoms with Gasteiger partial charge in [-0.3, -0.25) is 4.98 Å². The summed E-state index contributed by atoms with van der Waals surface area (Å²) in [5.41, 5.74) is 1.92. The summed E-state index contributed by atoms with van der Waals surface area (Å²) in [4.78, 5) is 4.27. The lowest BCUT2D eigenvalue weighted by Crippen LogP contribution is -2.27. The van der Waals surface area contributed by atoms with E-state index in [-0.39, 0.29) is 12.0 Å². The number of benzene rings is 1. The first-order valence-electron chi connectivity index (χ1n) is 6.20. The lowest BCUT2D eigenvalue weighted by atomic mass is 9.94. The molecule has 2 rings (SSSR count). The minimum Gasteiger partial charge on any atom is -0.396 e. The van der Waals surface area contributed by atoms with Crippen molar-refractivity contribution in [2.24, 2.45) is 5.41 Å². The van der Waals surface area contributed by atoms with Crippen molar-refractivity contribution in [1.29, 1.82) is 5.26 Å². The van der Waals surface area contributed by atoms with Crippen molar-refractivity contribution in [3.05, 3.63) is 36.0 Å². The first-order valence-corrected chi connectivity index (χ1v) is 6.20. The van der Waals surface area contributed by atoms with Crippen molar-refractivity contribution in [2.75, 3.05) is 18.5 Å². The molecule has 1 aromatic carbocycles. The van der Waals surface area contributed by atoms with Crippen LogP contribution in [-0.4, -0.2) is 23.2 Å². The minimum atomic E-state index is -0.239. The Morgan fingerprint density at radius 3 is 2.79 bits per heavy atom. The van der Waals surface area contributed by atoms with Crippen molar-refractivity contribution in [1.82, 2.24) is 4.98 Å². The fraction of sp³-hybridized carbons (Fsp3) is 0.333. The second-order valence-electron chi connectivity index (χ2n) is 5.35. The van der Waals surface area contributed by atoms with Gasteiger partial charge < -0.3 is 10.4 Å². The van der Waals surface area contributed by atoms with Crippen molar-refractivity contribution in [3.63, 3.8) is 0 Å². The zero-order chi connectivity index (χ0) is 13.9. The molecule has 2 N–H and O–H groups in total. The van der Waals surface area contributed by atoms with Gasteiger partial charge in [-0.05, 0) is 6.07 Å². The average Bonchev–Trinajstić information content (AvgIpc) is 2.44. The van der Waals surface area contributed by atoms with Gasteiger partial charge in [0.25, 0.3) is 0 Å². The summed E-state index contributed by atoms with van der Waals surface area (Å²) in [6.45, 7) is 4.61. The van der Waals surface area contributed by atoms with Crippen molar-refractivity contribution in [2.45, 2.75) is 13.8 Å². The average molecular weight is 255 g/mol. The summed E-state index contributed by atoms with van der Waals surface area (Å²) in [7, 11) is 0. The van der Waals surface area contributed by atoms with E-state index in [0.29, 0.717) is 12.1 Å². The highest BCUT2D eigenvalue weighted by Crippen LogP contribution is 2.26. The molecule has 0 saturated carbocycles. The topological polar surface area (TPSA) is 68.9 Å². The second kappa shape index (κ2) is 5.25. The number of anilines is 1. The molecule has 98 valence electrons. The van der Waals surface area contributed by atoms with E-state index in [2.05, 4.69) is 16.4 Å². The quantitative estimate of drug-likeness (QED) is 0.880. The SMILES string of the molecule is CC(C)(CO)CNc1c(C#N)cnc2ccccc12. The lowest BCUT2D eigenvalue weighted by Gasteiger charge is -2.23. The maximum absolute atomic E-state index is 9.29. The molecule has 1 heterocycles. The summed E-state index contributed by atoms with van der Waals surface area (Å²) in [5, 5.41) is 22.7. The largest absolute Gasteiger partial charge is 0.396 e. The number of para-hydroxylation sites is 1. The Morgan fingerprint density at radius 2 is 2.11 bits per heavy atom. The van der Waals surface area contributed by atoms with Gasteiger partial charge in [-0.15, -0.1) is 0 Å². The number of hydrogen-bond donors (Lipinski definition) is 2. The summed E-state index contributed by atoms with van der Waals surface area (Å²) < 4.78 is 0. The molecule has 0 aliphatic carbocycles. The lowest BCUT2D eigenvalue weighted by molar-refractivity contribution is 0.171. The normalized spacial score (nSPS) is 11.3. The number of hydrogen-bond acceptors (Lipinski definition) is 4. The summed E-state index contributed by atoms with van der Waals surface area (Å²) in [5.74, 6) is 0. The fourth-order valence-corrected chi connectivity index (χ4v) is 1.80. The summed E-state index contributed by atoms with van der Waals surface area (Å²) in [6, 6.07) is 9.86. The van der Waals surface area contributed by atoms with E-state index in [0.717, 1.165) is 16.6 Å². The summed E-state index contributed by atoms with van der Waals surface area (Å²) in [6.07, 6.45) is 1.58. The molecule has 0 aliphatic rings. The van der Waals surface area contributed by atoms with Crippen LogP contribution < -0.4 is 5.32 Å². The van der Waals surface area contributed by atoms with E-state index >= 15 is 0 Å². The maximum Gasteiger partial charge on any atom is 0.103 e. The Bertz CT molecular complexity index is 629. The molecule has 19 heavy (non-hydrogen) atoms. The van der Waals surface area contributed by atoms with Crippen LogP contribution in [0.5, 0.6) is 0 Å². The van der Waals surface area contributed by atoms with Crippen LogP contribution in [0.25, 0.3) is 10.9 Å². The van der Waals surface area contributed by atoms with E-state index in [1.165, 1.54) is 0 Å². The van der Waals surface area contributed by atoms with E-state index in [9.17, 15) is 10.4 Å². The number of nitriles is 1. The molecule has 0 unspecified atom stereocenters. The van der Waals surface area contributed by atoms with Gasteiger partial charge in [0.05, 0.1) is 16.8 Å². The first kappa shape index (κ1) is 13.3. The van der Waals surface area contributed by atoms with Crippen LogP contribution in [0.1, 0.15) is 19.4 Å². The molecule has 0 spiro atoms. The van der Waals surface area contributed by atoms with E-state index in [1.54, 1.807) is 6.20 Å². The monoisotopic (exact) mass is 255 g/mol. The van der Waals surface area contributed by atoms with Gasteiger partial charge >= 0.3 is 0 Å². The molecule has 0 saturated heterocycles. The minimum absolute atomic E-state index is 0.0882. The molecule has 2 aromatic rings. The Labute approximate surface area is 112 Å². The molecular weight excluding hydrogens is 238 g/mol. The van der Waals surface area contributed by atoms with Gasteiger partial charge in [-0.25, -0.2) is 0 Å². The predicted molar refractivity (Wildman–Crippen MR) is 75.8 cm³/mol. The van der Waals surface area contributed by atoms with Crippen LogP contribution >= 0.6 is 0 Å². The Hall–Kier alpha value is -2.12. The van der Waals surface area contributed by atoms with Crippen LogP contribution in [0.15, 0.2) is 30.5 Å². The van der Waals surface area contributed by atoms with Crippen LogP contribution in [-0.2, 0) is 0 Å². The number of rotatable bonds is 4. The van der Waals surface area contributed by atoms with Crippen LogP contribution in [0.4, 0.5) is 5.69 Å². The van der Waals surface area contributed by atoms with Gasteiger partial charge in [0.1, 0.15) is 6.07 Å². The molecule has 0 fully saturated rings. The molecule has 0 amide bonds. The second-order valence-corrected chi connectivity index (χ2v) is 5.35. The van der Waals surface area contributed by atoms with E-state index in [4.69, 9.17) is 0 Å². The van der Waals surface area contributed by atoms with Crippen LogP contribution in [0.3, 0.4) is 0 Å². The molecule has 4 heteroatoms. The predicted octanol–water partition coefficient (Wildman–Crippen LogP) is 2.54.